The van der Waals surface area contributed by atoms with Crippen molar-refractivity contribution in [2.24, 2.45) is 0 Å². The first-order chi connectivity index (χ1) is 12.2. The SMILES string of the molecule is CCN(Cc1ccccc1)c1ccnc(NCc2ccc(Cl)cc2)n1. The van der Waals surface area contributed by atoms with Crippen LogP contribution < -0.4 is 10.2 Å². The maximum absolute atomic E-state index is 5.92. The standard InChI is InChI=1S/C20H21ClN4/c1-2-25(15-17-6-4-3-5-7-17)19-12-13-22-20(24-19)23-14-16-8-10-18(21)11-9-16/h3-13H,2,14-15H2,1H3,(H,22,23,24). The Morgan fingerprint density at radius 3 is 2.44 bits per heavy atom. The van der Waals surface area contributed by atoms with Crippen LogP contribution in [0.15, 0.2) is 66.9 Å². The number of nitrogens with zero attached hydrogens (tertiary/aromatic N) is 3. The van der Waals surface area contributed by atoms with Gasteiger partial charge in [0.15, 0.2) is 0 Å². The number of halogens is 1. The van der Waals surface area contributed by atoms with Crippen LogP contribution in [-0.2, 0) is 13.1 Å². The van der Waals surface area contributed by atoms with Gasteiger partial charge in [-0.2, -0.15) is 4.98 Å². The van der Waals surface area contributed by atoms with Crippen LogP contribution in [0.4, 0.5) is 11.8 Å². The summed E-state index contributed by atoms with van der Waals surface area (Å²) in [5, 5.41) is 4.01. The third kappa shape index (κ3) is 4.94. The summed E-state index contributed by atoms with van der Waals surface area (Å²) in [6, 6.07) is 20.1. The maximum Gasteiger partial charge on any atom is 0.224 e. The smallest absolute Gasteiger partial charge is 0.224 e. The van der Waals surface area contributed by atoms with Gasteiger partial charge in [0, 0.05) is 30.9 Å². The highest BCUT2D eigenvalue weighted by Crippen LogP contribution is 2.16. The van der Waals surface area contributed by atoms with E-state index in [4.69, 9.17) is 11.6 Å². The first kappa shape index (κ1) is 17.2. The van der Waals surface area contributed by atoms with Crippen molar-refractivity contribution in [3.8, 4) is 0 Å². The molecule has 2 aromatic carbocycles. The molecular formula is C20H21ClN4. The van der Waals surface area contributed by atoms with Gasteiger partial charge in [0.2, 0.25) is 5.95 Å². The number of nitrogens with one attached hydrogen (secondary N) is 1. The van der Waals surface area contributed by atoms with Crippen LogP contribution >= 0.6 is 11.6 Å². The molecular weight excluding hydrogens is 332 g/mol. The molecule has 0 saturated carbocycles. The summed E-state index contributed by atoms with van der Waals surface area (Å²) in [7, 11) is 0. The van der Waals surface area contributed by atoms with E-state index in [2.05, 4.69) is 51.4 Å². The lowest BCUT2D eigenvalue weighted by Crippen LogP contribution is -2.23. The van der Waals surface area contributed by atoms with Crippen LogP contribution in [0.1, 0.15) is 18.1 Å². The fourth-order valence-corrected chi connectivity index (χ4v) is 2.68. The Hall–Kier alpha value is -2.59. The number of rotatable bonds is 7. The van der Waals surface area contributed by atoms with E-state index in [0.717, 1.165) is 29.5 Å². The molecule has 4 nitrogen and oxygen atoms in total. The van der Waals surface area contributed by atoms with E-state index >= 15 is 0 Å². The Balaban J connectivity index is 1.68. The fraction of sp³-hybridized carbons (Fsp3) is 0.200. The Bertz CT molecular complexity index is 790. The largest absolute Gasteiger partial charge is 0.352 e. The van der Waals surface area contributed by atoms with Gasteiger partial charge in [-0.05, 0) is 36.2 Å². The van der Waals surface area contributed by atoms with Gasteiger partial charge in [-0.15, -0.1) is 0 Å². The molecule has 0 atom stereocenters. The molecule has 0 bridgehead atoms. The molecule has 0 aliphatic rings. The molecule has 128 valence electrons. The molecule has 1 heterocycles. The van der Waals surface area contributed by atoms with E-state index in [-0.39, 0.29) is 0 Å². The predicted octanol–water partition coefficient (Wildman–Crippen LogP) is 4.77. The van der Waals surface area contributed by atoms with Crippen molar-refractivity contribution in [2.45, 2.75) is 20.0 Å². The zero-order valence-corrected chi connectivity index (χ0v) is 14.9. The Labute approximate surface area is 153 Å². The van der Waals surface area contributed by atoms with Crippen molar-refractivity contribution in [2.75, 3.05) is 16.8 Å². The van der Waals surface area contributed by atoms with Gasteiger partial charge in [-0.1, -0.05) is 54.1 Å². The maximum atomic E-state index is 5.92. The van der Waals surface area contributed by atoms with E-state index in [1.165, 1.54) is 5.56 Å². The monoisotopic (exact) mass is 352 g/mol. The summed E-state index contributed by atoms with van der Waals surface area (Å²) in [6.45, 7) is 4.49. The molecule has 0 radical (unpaired) electrons. The lowest BCUT2D eigenvalue weighted by Gasteiger charge is -2.22. The minimum Gasteiger partial charge on any atom is -0.352 e. The van der Waals surface area contributed by atoms with Crippen LogP contribution in [0.25, 0.3) is 0 Å². The summed E-state index contributed by atoms with van der Waals surface area (Å²) in [5.74, 6) is 1.54. The van der Waals surface area contributed by atoms with Crippen LogP contribution in [0.2, 0.25) is 5.02 Å². The first-order valence-corrected chi connectivity index (χ1v) is 8.72. The molecule has 25 heavy (non-hydrogen) atoms. The quantitative estimate of drug-likeness (QED) is 0.665. The second-order valence-electron chi connectivity index (χ2n) is 5.72. The molecule has 1 N–H and O–H groups in total. The van der Waals surface area contributed by atoms with Gasteiger partial charge in [0.05, 0.1) is 0 Å². The zero-order chi connectivity index (χ0) is 17.5. The summed E-state index contributed by atoms with van der Waals surface area (Å²) in [5.41, 5.74) is 2.40. The average Bonchev–Trinajstić information content (AvgIpc) is 2.67. The Morgan fingerprint density at radius 2 is 1.72 bits per heavy atom. The van der Waals surface area contributed by atoms with Crippen molar-refractivity contribution in [3.05, 3.63) is 83.0 Å². The zero-order valence-electron chi connectivity index (χ0n) is 14.2. The number of aromatic nitrogens is 2. The molecule has 0 fully saturated rings. The van der Waals surface area contributed by atoms with E-state index in [0.29, 0.717) is 12.5 Å². The number of anilines is 2. The van der Waals surface area contributed by atoms with E-state index in [1.54, 1.807) is 6.20 Å². The molecule has 0 unspecified atom stereocenters. The van der Waals surface area contributed by atoms with Crippen molar-refractivity contribution >= 4 is 23.4 Å². The molecule has 0 aliphatic carbocycles. The molecule has 3 aromatic rings. The topological polar surface area (TPSA) is 41.1 Å². The summed E-state index contributed by atoms with van der Waals surface area (Å²) in [4.78, 5) is 11.2. The van der Waals surface area contributed by atoms with Gasteiger partial charge < -0.3 is 10.2 Å². The highest BCUT2D eigenvalue weighted by atomic mass is 35.5. The lowest BCUT2D eigenvalue weighted by molar-refractivity contribution is 0.810. The Morgan fingerprint density at radius 1 is 0.960 bits per heavy atom. The van der Waals surface area contributed by atoms with Crippen LogP contribution in [0.5, 0.6) is 0 Å². The van der Waals surface area contributed by atoms with Gasteiger partial charge in [0.25, 0.3) is 0 Å². The highest BCUT2D eigenvalue weighted by molar-refractivity contribution is 6.30. The lowest BCUT2D eigenvalue weighted by atomic mass is 10.2. The molecule has 3 rings (SSSR count). The van der Waals surface area contributed by atoms with Crippen LogP contribution in [0.3, 0.4) is 0 Å². The first-order valence-electron chi connectivity index (χ1n) is 8.35. The normalized spacial score (nSPS) is 10.5. The van der Waals surface area contributed by atoms with E-state index in [1.807, 2.05) is 36.4 Å². The third-order valence-corrected chi connectivity index (χ3v) is 4.18. The molecule has 0 amide bonds. The van der Waals surface area contributed by atoms with Crippen molar-refractivity contribution in [1.82, 2.24) is 9.97 Å². The summed E-state index contributed by atoms with van der Waals surface area (Å²) in [6.07, 6.45) is 1.79. The fourth-order valence-electron chi connectivity index (χ4n) is 2.55. The molecule has 1 aromatic heterocycles. The molecule has 5 heteroatoms. The summed E-state index contributed by atoms with van der Waals surface area (Å²) < 4.78 is 0. The number of hydrogen-bond donors (Lipinski definition) is 1. The number of benzene rings is 2. The minimum absolute atomic E-state index is 0.624. The van der Waals surface area contributed by atoms with Gasteiger partial charge in [-0.3, -0.25) is 0 Å². The second kappa shape index (κ2) is 8.49. The van der Waals surface area contributed by atoms with Gasteiger partial charge >= 0.3 is 0 Å². The average molecular weight is 353 g/mol. The third-order valence-electron chi connectivity index (χ3n) is 3.93. The van der Waals surface area contributed by atoms with E-state index < -0.39 is 0 Å². The van der Waals surface area contributed by atoms with Gasteiger partial charge in [-0.25, -0.2) is 4.98 Å². The van der Waals surface area contributed by atoms with Crippen molar-refractivity contribution in [3.63, 3.8) is 0 Å². The van der Waals surface area contributed by atoms with E-state index in [9.17, 15) is 0 Å². The molecule has 0 aliphatic heterocycles. The van der Waals surface area contributed by atoms with Crippen molar-refractivity contribution in [1.29, 1.82) is 0 Å². The second-order valence-corrected chi connectivity index (χ2v) is 6.15. The minimum atomic E-state index is 0.624. The Kier molecular flexibility index (Phi) is 5.86. The van der Waals surface area contributed by atoms with Gasteiger partial charge in [0.1, 0.15) is 5.82 Å². The van der Waals surface area contributed by atoms with Crippen LogP contribution in [0, 0.1) is 0 Å². The number of hydrogen-bond acceptors (Lipinski definition) is 4. The predicted molar refractivity (Wildman–Crippen MR) is 104 cm³/mol. The summed E-state index contributed by atoms with van der Waals surface area (Å²) >= 11 is 5.92. The van der Waals surface area contributed by atoms with Crippen molar-refractivity contribution < 1.29 is 0 Å². The van der Waals surface area contributed by atoms with Crippen LogP contribution in [-0.4, -0.2) is 16.5 Å². The molecule has 0 saturated heterocycles. The highest BCUT2D eigenvalue weighted by Gasteiger charge is 2.08. The molecule has 0 spiro atoms.